The molecule has 10 heteroatoms. The van der Waals surface area contributed by atoms with Gasteiger partial charge in [0.15, 0.2) is 0 Å². The van der Waals surface area contributed by atoms with E-state index in [1.807, 2.05) is 4.90 Å². The lowest BCUT2D eigenvalue weighted by molar-refractivity contribution is 0.143. The molecule has 2 saturated heterocycles. The van der Waals surface area contributed by atoms with Gasteiger partial charge in [-0.3, -0.25) is 4.90 Å². The summed E-state index contributed by atoms with van der Waals surface area (Å²) in [6.45, 7) is 1.80. The van der Waals surface area contributed by atoms with Gasteiger partial charge in [-0.2, -0.15) is 0 Å². The second kappa shape index (κ2) is 8.06. The molecule has 1 aromatic carbocycles. The number of carbonyl (C=O) groups is 1. The number of anilines is 2. The lowest BCUT2D eigenvalue weighted by Gasteiger charge is -2.31. The average Bonchev–Trinajstić information content (AvgIpc) is 3.50. The molecule has 2 aliphatic heterocycles. The van der Waals surface area contributed by atoms with Gasteiger partial charge in [0.2, 0.25) is 0 Å². The number of hydrogen-bond acceptors (Lipinski definition) is 6. The van der Waals surface area contributed by atoms with Crippen LogP contribution >= 0.6 is 12.2 Å². The van der Waals surface area contributed by atoms with Crippen LogP contribution in [0.15, 0.2) is 22.6 Å². The summed E-state index contributed by atoms with van der Waals surface area (Å²) in [5, 5.41) is 3.17. The summed E-state index contributed by atoms with van der Waals surface area (Å²) in [5.41, 5.74) is 0.916. The number of cyclic esters (lactones) is 1. The molecule has 1 unspecified atom stereocenters. The number of hydrogen-bond donors (Lipinski definition) is 1. The Labute approximate surface area is 175 Å². The first-order valence-electron chi connectivity index (χ1n) is 9.79. The van der Waals surface area contributed by atoms with Gasteiger partial charge in [-0.15, -0.1) is 0 Å². The summed E-state index contributed by atoms with van der Waals surface area (Å²) < 4.78 is 36.5. The Morgan fingerprint density at radius 3 is 2.72 bits per heavy atom. The van der Waals surface area contributed by atoms with Gasteiger partial charge < -0.3 is 15.0 Å². The molecule has 0 aromatic heterocycles. The fraction of sp³-hybridized carbons (Fsp3) is 0.579. The monoisotopic (exact) mass is 440 g/mol. The third-order valence-corrected chi connectivity index (χ3v) is 8.39. The van der Waals surface area contributed by atoms with Crippen LogP contribution in [0, 0.1) is 11.7 Å². The van der Waals surface area contributed by atoms with Crippen molar-refractivity contribution in [3.8, 4) is 0 Å². The lowest BCUT2D eigenvalue weighted by atomic mass is 10.2. The van der Waals surface area contributed by atoms with Gasteiger partial charge in [0.05, 0.1) is 29.5 Å². The van der Waals surface area contributed by atoms with Crippen molar-refractivity contribution in [3.63, 3.8) is 0 Å². The molecule has 0 spiro atoms. The summed E-state index contributed by atoms with van der Waals surface area (Å²) in [6.07, 6.45) is 1.43. The molecule has 3 fully saturated rings. The SMILES string of the molecule is CN=S1(=O)CCN(c2ccc(N3CC(CNC(=S)C4CC4)OC3=O)cc2F)CC1. The molecular weight excluding hydrogens is 415 g/mol. The van der Waals surface area contributed by atoms with Crippen molar-refractivity contribution in [2.24, 2.45) is 10.3 Å². The number of carbonyl (C=O) groups excluding carboxylic acids is 1. The van der Waals surface area contributed by atoms with Gasteiger partial charge in [0.25, 0.3) is 0 Å². The van der Waals surface area contributed by atoms with Gasteiger partial charge in [0, 0.05) is 47.3 Å². The maximum absolute atomic E-state index is 14.8. The van der Waals surface area contributed by atoms with Gasteiger partial charge >= 0.3 is 6.09 Å². The van der Waals surface area contributed by atoms with Crippen LogP contribution in [0.4, 0.5) is 20.6 Å². The third-order valence-electron chi connectivity index (χ3n) is 5.60. The number of halogens is 1. The van der Waals surface area contributed by atoms with Crippen molar-refractivity contribution in [2.75, 3.05) is 54.5 Å². The van der Waals surface area contributed by atoms with Gasteiger partial charge in [-0.25, -0.2) is 17.8 Å². The topological polar surface area (TPSA) is 74.2 Å². The molecule has 29 heavy (non-hydrogen) atoms. The molecule has 3 aliphatic rings. The van der Waals surface area contributed by atoms with Crippen LogP contribution in [0.5, 0.6) is 0 Å². The highest BCUT2D eigenvalue weighted by molar-refractivity contribution is 7.93. The first kappa shape index (κ1) is 20.3. The molecule has 2 heterocycles. The minimum Gasteiger partial charge on any atom is -0.442 e. The van der Waals surface area contributed by atoms with Crippen LogP contribution in [0.2, 0.25) is 0 Å². The van der Waals surface area contributed by atoms with Crippen LogP contribution < -0.4 is 15.1 Å². The quantitative estimate of drug-likeness (QED) is 0.709. The fourth-order valence-corrected chi connectivity index (χ4v) is 5.51. The predicted molar refractivity (Wildman–Crippen MR) is 116 cm³/mol. The standard InChI is InChI=1S/C19H25FN4O3S2/c1-21-29(26)8-6-23(7-9-29)17-5-4-14(10-16(17)20)24-12-15(27-19(24)25)11-22-18(28)13-2-3-13/h4-5,10,13,15H,2-3,6-9,11-12H2,1H3,(H,22,28). The van der Waals surface area contributed by atoms with Crippen molar-refractivity contribution in [1.82, 2.24) is 5.32 Å². The number of nitrogens with one attached hydrogen (secondary N) is 1. The number of nitrogens with zero attached hydrogens (tertiary/aromatic N) is 3. The van der Waals surface area contributed by atoms with Crippen LogP contribution in [0.3, 0.4) is 0 Å². The largest absolute Gasteiger partial charge is 0.442 e. The molecule has 0 radical (unpaired) electrons. The second-order valence-corrected chi connectivity index (χ2v) is 10.8. The van der Waals surface area contributed by atoms with Gasteiger partial charge in [0.1, 0.15) is 11.9 Å². The molecule has 1 saturated carbocycles. The molecule has 1 N–H and O–H groups in total. The first-order chi connectivity index (χ1) is 13.9. The maximum atomic E-state index is 14.8. The molecule has 4 rings (SSSR count). The molecular formula is C19H25FN4O3S2. The van der Waals surface area contributed by atoms with Crippen LogP contribution in [0.25, 0.3) is 0 Å². The minimum atomic E-state index is -2.15. The van der Waals surface area contributed by atoms with Crippen molar-refractivity contribution in [1.29, 1.82) is 0 Å². The predicted octanol–water partition coefficient (Wildman–Crippen LogP) is 2.40. The highest BCUT2D eigenvalue weighted by atomic mass is 32.2. The third kappa shape index (κ3) is 4.48. The van der Waals surface area contributed by atoms with E-state index in [-0.39, 0.29) is 6.10 Å². The maximum Gasteiger partial charge on any atom is 0.414 e. The smallest absolute Gasteiger partial charge is 0.414 e. The van der Waals surface area contributed by atoms with E-state index in [0.29, 0.717) is 55.0 Å². The Bertz CT molecular complexity index is 929. The van der Waals surface area contributed by atoms with Gasteiger partial charge in [-0.1, -0.05) is 12.2 Å². The summed E-state index contributed by atoms with van der Waals surface area (Å²) >= 11 is 5.30. The van der Waals surface area contributed by atoms with E-state index >= 15 is 0 Å². The van der Waals surface area contributed by atoms with E-state index in [4.69, 9.17) is 17.0 Å². The van der Waals surface area contributed by atoms with E-state index in [2.05, 4.69) is 9.68 Å². The fourth-order valence-electron chi connectivity index (χ4n) is 3.61. The van der Waals surface area contributed by atoms with Crippen LogP contribution in [-0.2, 0) is 14.5 Å². The molecule has 158 valence electrons. The van der Waals surface area contributed by atoms with Crippen molar-refractivity contribution >= 4 is 44.4 Å². The highest BCUT2D eigenvalue weighted by Gasteiger charge is 2.34. The second-order valence-electron chi connectivity index (χ2n) is 7.62. The molecule has 7 nitrogen and oxygen atoms in total. The highest BCUT2D eigenvalue weighted by Crippen LogP contribution is 2.30. The zero-order valence-corrected chi connectivity index (χ0v) is 17.9. The van der Waals surface area contributed by atoms with E-state index in [0.717, 1.165) is 17.8 Å². The Morgan fingerprint density at radius 2 is 2.10 bits per heavy atom. The summed E-state index contributed by atoms with van der Waals surface area (Å²) in [6, 6.07) is 4.75. The summed E-state index contributed by atoms with van der Waals surface area (Å²) in [4.78, 5) is 16.4. The normalized spacial score (nSPS) is 23.7. The van der Waals surface area contributed by atoms with Crippen LogP contribution in [-0.4, -0.2) is 66.1 Å². The minimum absolute atomic E-state index is 0.324. The summed E-state index contributed by atoms with van der Waals surface area (Å²) in [5.74, 6) is 0.920. The zero-order chi connectivity index (χ0) is 20.6. The lowest BCUT2D eigenvalue weighted by Crippen LogP contribution is -2.40. The first-order valence-corrected chi connectivity index (χ1v) is 12.1. The summed E-state index contributed by atoms with van der Waals surface area (Å²) in [7, 11) is -0.579. The molecule has 0 bridgehead atoms. The number of rotatable bonds is 5. The Balaban J connectivity index is 1.39. The molecule has 1 aliphatic carbocycles. The molecule has 1 amide bonds. The number of thiocarbonyl (C=S) groups is 1. The Morgan fingerprint density at radius 1 is 1.38 bits per heavy atom. The van der Waals surface area contributed by atoms with E-state index in [1.54, 1.807) is 19.2 Å². The Hall–Kier alpha value is -1.94. The number of benzene rings is 1. The number of amides is 1. The number of ether oxygens (including phenoxy) is 1. The van der Waals surface area contributed by atoms with Crippen LogP contribution in [0.1, 0.15) is 12.8 Å². The Kier molecular flexibility index (Phi) is 5.65. The van der Waals surface area contributed by atoms with E-state index in [9.17, 15) is 13.4 Å². The van der Waals surface area contributed by atoms with Crippen molar-refractivity contribution in [2.45, 2.75) is 18.9 Å². The molecule has 1 atom stereocenters. The van der Waals surface area contributed by atoms with Gasteiger partial charge in [-0.05, 0) is 31.0 Å². The van der Waals surface area contributed by atoms with Crippen molar-refractivity contribution < 1.29 is 18.1 Å². The van der Waals surface area contributed by atoms with Crippen molar-refractivity contribution in [3.05, 3.63) is 24.0 Å². The zero-order valence-electron chi connectivity index (χ0n) is 16.3. The molecule has 1 aromatic rings. The average molecular weight is 441 g/mol. The van der Waals surface area contributed by atoms with E-state index < -0.39 is 21.6 Å². The van der Waals surface area contributed by atoms with E-state index in [1.165, 1.54) is 11.0 Å².